The van der Waals surface area contributed by atoms with Gasteiger partial charge >= 0.3 is 0 Å². The fourth-order valence-electron chi connectivity index (χ4n) is 3.26. The molecule has 0 aromatic heterocycles. The molecule has 2 amide bonds. The molecule has 1 unspecified atom stereocenters. The van der Waals surface area contributed by atoms with Gasteiger partial charge in [0.2, 0.25) is 11.8 Å². The van der Waals surface area contributed by atoms with Gasteiger partial charge in [0.05, 0.1) is 5.92 Å². The Morgan fingerprint density at radius 2 is 1.13 bits per heavy atom. The summed E-state index contributed by atoms with van der Waals surface area (Å²) in [6.45, 7) is 8.69. The maximum atomic E-state index is 11.6. The van der Waals surface area contributed by atoms with Crippen LogP contribution >= 0.6 is 0 Å². The molecule has 0 heterocycles. The Kier molecular flexibility index (Phi) is 21.6. The van der Waals surface area contributed by atoms with Gasteiger partial charge in [0, 0.05) is 58.8 Å². The number of unbranched alkanes of at least 4 members (excludes halogenated alkanes) is 7. The lowest BCUT2D eigenvalue weighted by Gasteiger charge is -2.14. The van der Waals surface area contributed by atoms with Crippen molar-refractivity contribution >= 4 is 11.8 Å². The van der Waals surface area contributed by atoms with Gasteiger partial charge in [-0.3, -0.25) is 9.59 Å². The van der Waals surface area contributed by atoms with E-state index in [4.69, 9.17) is 11.5 Å². The van der Waals surface area contributed by atoms with Gasteiger partial charge in [0.1, 0.15) is 0 Å². The van der Waals surface area contributed by atoms with Crippen molar-refractivity contribution in [3.63, 3.8) is 0 Å². The van der Waals surface area contributed by atoms with Crippen LogP contribution in [0.1, 0.15) is 71.1 Å². The summed E-state index contributed by atoms with van der Waals surface area (Å²) >= 11 is 0. The predicted molar refractivity (Wildman–Crippen MR) is 125 cm³/mol. The molecular weight excluding hydrogens is 380 g/mol. The molecule has 0 aliphatic rings. The molecule has 0 saturated heterocycles. The van der Waals surface area contributed by atoms with E-state index in [-0.39, 0.29) is 17.7 Å². The summed E-state index contributed by atoms with van der Waals surface area (Å²) < 4.78 is 0. The number of carbonyl (C=O) groups is 2. The van der Waals surface area contributed by atoms with E-state index in [1.165, 1.54) is 44.9 Å². The molecule has 178 valence electrons. The maximum Gasteiger partial charge on any atom is 0.221 e. The summed E-state index contributed by atoms with van der Waals surface area (Å²) in [6.07, 6.45) is 11.5. The van der Waals surface area contributed by atoms with E-state index in [2.05, 4.69) is 28.2 Å². The first-order valence-corrected chi connectivity index (χ1v) is 12.0. The zero-order valence-electron chi connectivity index (χ0n) is 19.3. The summed E-state index contributed by atoms with van der Waals surface area (Å²) in [5.74, 6) is -0.524. The van der Waals surface area contributed by atoms with Crippen LogP contribution in [0.15, 0.2) is 0 Å². The molecule has 0 radical (unpaired) electrons. The zero-order valence-corrected chi connectivity index (χ0v) is 19.3. The number of carbonyl (C=O) groups excluding carboxylic acids is 2. The Morgan fingerprint density at radius 3 is 1.63 bits per heavy atom. The highest BCUT2D eigenvalue weighted by molar-refractivity contribution is 5.76. The van der Waals surface area contributed by atoms with Crippen molar-refractivity contribution < 1.29 is 9.59 Å². The summed E-state index contributed by atoms with van der Waals surface area (Å²) in [4.78, 5) is 22.2. The molecule has 30 heavy (non-hydrogen) atoms. The molecule has 0 spiro atoms. The lowest BCUT2D eigenvalue weighted by Crippen LogP contribution is -2.38. The molecule has 0 saturated carbocycles. The van der Waals surface area contributed by atoms with Crippen LogP contribution in [0.4, 0.5) is 0 Å². The Bertz CT molecular complexity index is 409. The summed E-state index contributed by atoms with van der Waals surface area (Å²) in [7, 11) is 0. The first-order chi connectivity index (χ1) is 14.6. The van der Waals surface area contributed by atoms with E-state index in [0.29, 0.717) is 19.5 Å². The minimum atomic E-state index is -0.274. The monoisotopic (exact) mass is 428 g/mol. The molecule has 8 N–H and O–H groups in total. The number of amides is 2. The van der Waals surface area contributed by atoms with Crippen molar-refractivity contribution in [1.82, 2.24) is 21.3 Å². The van der Waals surface area contributed by atoms with E-state index >= 15 is 0 Å². The van der Waals surface area contributed by atoms with E-state index in [1.54, 1.807) is 0 Å². The topological polar surface area (TPSA) is 134 Å². The molecule has 1 atom stereocenters. The summed E-state index contributed by atoms with van der Waals surface area (Å²) in [5.41, 5.74) is 10.6. The Balaban J connectivity index is 3.43. The lowest BCUT2D eigenvalue weighted by atomic mass is 9.99. The van der Waals surface area contributed by atoms with Crippen LogP contribution in [0.25, 0.3) is 0 Å². The Labute approximate surface area is 184 Å². The van der Waals surface area contributed by atoms with Crippen LogP contribution in [0.5, 0.6) is 0 Å². The molecule has 0 aliphatic heterocycles. The van der Waals surface area contributed by atoms with Gasteiger partial charge in [-0.25, -0.2) is 0 Å². The fourth-order valence-corrected chi connectivity index (χ4v) is 3.26. The molecular formula is C22H48N6O2. The van der Waals surface area contributed by atoms with Crippen LogP contribution in [-0.4, -0.2) is 64.2 Å². The minimum Gasteiger partial charge on any atom is -0.370 e. The van der Waals surface area contributed by atoms with Crippen LogP contribution in [0.3, 0.4) is 0 Å². The predicted octanol–water partition coefficient (Wildman–Crippen LogP) is 0.853. The van der Waals surface area contributed by atoms with Gasteiger partial charge < -0.3 is 32.7 Å². The molecule has 8 nitrogen and oxygen atoms in total. The highest BCUT2D eigenvalue weighted by Gasteiger charge is 2.14. The van der Waals surface area contributed by atoms with Gasteiger partial charge in [-0.15, -0.1) is 0 Å². The van der Waals surface area contributed by atoms with Crippen molar-refractivity contribution in [2.24, 2.45) is 17.4 Å². The van der Waals surface area contributed by atoms with E-state index in [0.717, 1.165) is 52.1 Å². The highest BCUT2D eigenvalue weighted by atomic mass is 16.1. The van der Waals surface area contributed by atoms with E-state index in [9.17, 15) is 9.59 Å². The number of nitrogens with one attached hydrogen (secondary N) is 4. The van der Waals surface area contributed by atoms with Gasteiger partial charge in [-0.2, -0.15) is 0 Å². The van der Waals surface area contributed by atoms with Crippen LogP contribution in [-0.2, 0) is 9.59 Å². The standard InChI is InChI=1S/C22H48N6O2/c1-2-3-4-5-6-7-8-9-10-20(22(24)30)19-28-18-17-27-16-15-26-14-13-25-12-11-21(23)29/h20,25-28H,2-19H2,1H3,(H2,23,29)(H2,24,30). The fraction of sp³-hybridized carbons (Fsp3) is 0.909. The average molecular weight is 429 g/mol. The summed E-state index contributed by atoms with van der Waals surface area (Å²) in [6, 6.07) is 0. The smallest absolute Gasteiger partial charge is 0.221 e. The molecule has 0 aromatic rings. The first-order valence-electron chi connectivity index (χ1n) is 12.0. The van der Waals surface area contributed by atoms with Gasteiger partial charge in [-0.05, 0) is 6.42 Å². The number of hydrogen-bond acceptors (Lipinski definition) is 6. The Morgan fingerprint density at radius 1 is 0.667 bits per heavy atom. The molecule has 0 aromatic carbocycles. The van der Waals surface area contributed by atoms with Crippen LogP contribution in [0, 0.1) is 5.92 Å². The van der Waals surface area contributed by atoms with Gasteiger partial charge in [0.25, 0.3) is 0 Å². The lowest BCUT2D eigenvalue weighted by molar-refractivity contribution is -0.122. The molecule has 8 heteroatoms. The van der Waals surface area contributed by atoms with Crippen molar-refractivity contribution in [2.45, 2.75) is 71.1 Å². The van der Waals surface area contributed by atoms with Crippen LogP contribution in [0.2, 0.25) is 0 Å². The molecule has 0 aliphatic carbocycles. The SMILES string of the molecule is CCCCCCCCCCC(CNCCNCCNCCNCCC(N)=O)C(N)=O. The van der Waals surface area contributed by atoms with Gasteiger partial charge in [0.15, 0.2) is 0 Å². The van der Waals surface area contributed by atoms with Crippen LogP contribution < -0.4 is 32.7 Å². The minimum absolute atomic E-state index is 0.0613. The third-order valence-corrected chi connectivity index (χ3v) is 5.18. The third-order valence-electron chi connectivity index (χ3n) is 5.18. The third kappa shape index (κ3) is 21.5. The number of hydrogen-bond donors (Lipinski definition) is 6. The Hall–Kier alpha value is -1.22. The number of nitrogens with two attached hydrogens (primary N) is 2. The largest absolute Gasteiger partial charge is 0.370 e. The molecule has 0 rings (SSSR count). The van der Waals surface area contributed by atoms with E-state index < -0.39 is 0 Å². The zero-order chi connectivity index (χ0) is 22.3. The second-order valence-corrected chi connectivity index (χ2v) is 8.03. The maximum absolute atomic E-state index is 11.6. The van der Waals surface area contributed by atoms with Crippen molar-refractivity contribution in [1.29, 1.82) is 0 Å². The second-order valence-electron chi connectivity index (χ2n) is 8.03. The number of rotatable bonds is 24. The second kappa shape index (κ2) is 22.5. The van der Waals surface area contributed by atoms with Crippen molar-refractivity contribution in [3.05, 3.63) is 0 Å². The average Bonchev–Trinajstić information content (AvgIpc) is 2.71. The summed E-state index contributed by atoms with van der Waals surface area (Å²) in [5, 5.41) is 13.2. The first kappa shape index (κ1) is 28.8. The highest BCUT2D eigenvalue weighted by Crippen LogP contribution is 2.13. The van der Waals surface area contributed by atoms with Crippen molar-refractivity contribution in [3.8, 4) is 0 Å². The molecule has 0 bridgehead atoms. The van der Waals surface area contributed by atoms with Crippen molar-refractivity contribution in [2.75, 3.05) is 52.4 Å². The number of primary amides is 2. The van der Waals surface area contributed by atoms with Gasteiger partial charge in [-0.1, -0.05) is 58.3 Å². The van der Waals surface area contributed by atoms with E-state index in [1.807, 2.05) is 0 Å². The molecule has 0 fully saturated rings. The quantitative estimate of drug-likeness (QED) is 0.126. The normalized spacial score (nSPS) is 12.2.